The van der Waals surface area contributed by atoms with Crippen LogP contribution in [0.2, 0.25) is 0 Å². The number of carbonyl (C=O) groups excluding carboxylic acids is 1. The summed E-state index contributed by atoms with van der Waals surface area (Å²) in [5, 5.41) is 11.0. The summed E-state index contributed by atoms with van der Waals surface area (Å²) in [5.41, 5.74) is -2.69. The topological polar surface area (TPSA) is 63.6 Å². The van der Waals surface area contributed by atoms with E-state index in [1.165, 1.54) is 6.42 Å². The lowest BCUT2D eigenvalue weighted by Crippen LogP contribution is -2.65. The lowest BCUT2D eigenvalue weighted by Gasteiger charge is -2.59. The van der Waals surface area contributed by atoms with E-state index in [1.807, 2.05) is 0 Å². The largest absolute Gasteiger partial charge is 0.481 e. The van der Waals surface area contributed by atoms with Crippen molar-refractivity contribution in [2.75, 3.05) is 13.2 Å². The molecule has 0 aliphatic heterocycles. The smallest absolute Gasteiger partial charge is 0.315 e. The van der Waals surface area contributed by atoms with Gasteiger partial charge in [-0.3, -0.25) is 4.79 Å². The molecule has 0 aromatic rings. The zero-order valence-electron chi connectivity index (χ0n) is 20.4. The van der Waals surface area contributed by atoms with Gasteiger partial charge in [-0.25, -0.2) is 0 Å². The predicted molar refractivity (Wildman–Crippen MR) is 129 cm³/mol. The van der Waals surface area contributed by atoms with E-state index in [0.717, 1.165) is 44.0 Å². The average molecular weight is 498 g/mol. The van der Waals surface area contributed by atoms with Gasteiger partial charge in [0.05, 0.1) is 12.0 Å². The van der Waals surface area contributed by atoms with Crippen LogP contribution in [-0.4, -0.2) is 34.9 Å². The van der Waals surface area contributed by atoms with Gasteiger partial charge in [-0.05, 0) is 49.9 Å². The number of carboxylic acids is 1. The second kappa shape index (κ2) is 7.23. The van der Waals surface area contributed by atoms with Gasteiger partial charge in [0, 0.05) is 22.9 Å². The number of hydrogen-bond acceptors (Lipinski definition) is 3. The van der Waals surface area contributed by atoms with Crippen molar-refractivity contribution >= 4 is 35.5 Å². The van der Waals surface area contributed by atoms with Crippen molar-refractivity contribution in [2.45, 2.75) is 83.4 Å². The minimum absolute atomic E-state index is 0.000741. The van der Waals surface area contributed by atoms with Crippen LogP contribution in [0.5, 0.6) is 0 Å². The van der Waals surface area contributed by atoms with Crippen molar-refractivity contribution in [3.63, 3.8) is 0 Å². The van der Waals surface area contributed by atoms with Gasteiger partial charge in [0.15, 0.2) is 0 Å². The van der Waals surface area contributed by atoms with Crippen LogP contribution in [0.1, 0.15) is 79.1 Å². The first-order chi connectivity index (χ1) is 15.5. The number of alkyl halides is 2. The van der Waals surface area contributed by atoms with Crippen molar-refractivity contribution in [1.29, 1.82) is 0 Å². The normalized spacial score (nSPS) is 47.9. The van der Waals surface area contributed by atoms with Crippen LogP contribution in [0.3, 0.4) is 0 Å². The first-order valence-electron chi connectivity index (χ1n) is 12.9. The predicted octanol–water partition coefficient (Wildman–Crippen LogP) is 6.44. The second-order valence-electron chi connectivity index (χ2n) is 12.2. The molecule has 5 aliphatic carbocycles. The average Bonchev–Trinajstić information content (AvgIpc) is 3.11. The molecule has 33 heavy (non-hydrogen) atoms. The number of fused-ring (bicyclic) bond motifs is 1. The van der Waals surface area contributed by atoms with E-state index in [0.29, 0.717) is 26.1 Å². The third-order valence-electron chi connectivity index (χ3n) is 11.1. The Morgan fingerprint density at radius 3 is 2.61 bits per heavy atom. The number of unbranched alkanes of at least 4 members (excludes halogenated alkanes) is 3. The molecule has 1 spiro atoms. The molecule has 0 aromatic heterocycles. The molecule has 0 aromatic carbocycles. The molecular weight excluding hydrogens is 459 g/mol. The van der Waals surface area contributed by atoms with Crippen molar-refractivity contribution in [3.8, 4) is 0 Å². The summed E-state index contributed by atoms with van der Waals surface area (Å²) >= 11 is 14.1. The number of allylic oxidation sites excluding steroid dienone is 1. The molecule has 184 valence electrons. The summed E-state index contributed by atoms with van der Waals surface area (Å²) in [5.74, 6) is -0.917. The van der Waals surface area contributed by atoms with Crippen LogP contribution >= 0.6 is 23.2 Å². The third kappa shape index (κ3) is 2.27. The Hall–Kier alpha value is -0.580. The van der Waals surface area contributed by atoms with Gasteiger partial charge in [0.1, 0.15) is 16.0 Å². The summed E-state index contributed by atoms with van der Waals surface area (Å²) in [4.78, 5) is 26.7. The highest BCUT2D eigenvalue weighted by Crippen LogP contribution is 2.97. The van der Waals surface area contributed by atoms with Crippen molar-refractivity contribution in [2.24, 2.45) is 44.8 Å². The highest BCUT2D eigenvalue weighted by atomic mass is 35.5. The Morgan fingerprint density at radius 2 is 2.03 bits per heavy atom. The Labute approximate surface area is 207 Å². The lowest BCUT2D eigenvalue weighted by molar-refractivity contribution is -0.189. The first kappa shape index (κ1) is 24.1. The molecule has 4 nitrogen and oxygen atoms in total. The van der Waals surface area contributed by atoms with Crippen LogP contribution in [0.15, 0.2) is 11.6 Å². The van der Waals surface area contributed by atoms with Gasteiger partial charge in [-0.1, -0.05) is 58.6 Å². The lowest BCUT2D eigenvalue weighted by atomic mass is 9.42. The van der Waals surface area contributed by atoms with Crippen LogP contribution in [0, 0.1) is 44.8 Å². The minimum Gasteiger partial charge on any atom is -0.481 e. The zero-order valence-corrected chi connectivity index (χ0v) is 21.9. The molecule has 0 amide bonds. The summed E-state index contributed by atoms with van der Waals surface area (Å²) < 4.78 is 5.40. The van der Waals surface area contributed by atoms with E-state index >= 15 is 0 Å². The van der Waals surface area contributed by atoms with Crippen molar-refractivity contribution in [1.82, 2.24) is 0 Å². The fourth-order valence-corrected chi connectivity index (χ4v) is 11.1. The summed E-state index contributed by atoms with van der Waals surface area (Å²) in [7, 11) is 0. The fourth-order valence-electron chi connectivity index (χ4n) is 9.85. The molecule has 5 rings (SSSR count). The van der Waals surface area contributed by atoms with E-state index in [4.69, 9.17) is 27.9 Å². The molecule has 4 saturated carbocycles. The highest BCUT2D eigenvalue weighted by Gasteiger charge is 2.98. The van der Waals surface area contributed by atoms with E-state index in [9.17, 15) is 14.7 Å². The van der Waals surface area contributed by atoms with Crippen LogP contribution in [0.4, 0.5) is 0 Å². The van der Waals surface area contributed by atoms with Crippen LogP contribution < -0.4 is 0 Å². The Morgan fingerprint density at radius 1 is 1.30 bits per heavy atom. The zero-order chi connectivity index (χ0) is 24.1. The van der Waals surface area contributed by atoms with E-state index in [1.54, 1.807) is 0 Å². The molecule has 0 unspecified atom stereocenters. The molecule has 7 atom stereocenters. The molecule has 1 N–H and O–H groups in total. The second-order valence-corrected chi connectivity index (χ2v) is 13.5. The number of rotatable bonds is 10. The summed E-state index contributed by atoms with van der Waals surface area (Å²) in [6.07, 6.45) is 10.5. The molecule has 5 aliphatic rings. The van der Waals surface area contributed by atoms with Gasteiger partial charge in [-0.15, -0.1) is 23.2 Å². The Balaban J connectivity index is 1.63. The van der Waals surface area contributed by atoms with E-state index in [-0.39, 0.29) is 23.2 Å². The maximum atomic E-state index is 13.5. The number of carbonyl (C=O) groups is 2. The minimum atomic E-state index is -1.24. The number of aliphatic carboxylic acids is 1. The van der Waals surface area contributed by atoms with Gasteiger partial charge in [0.2, 0.25) is 0 Å². The number of ether oxygens (including phenoxy) is 1. The number of hydrogen-bond donors (Lipinski definition) is 1. The molecule has 0 heterocycles. The van der Waals surface area contributed by atoms with Crippen LogP contribution in [-0.2, 0) is 14.3 Å². The number of carboxylic acid groups (broad SMARTS) is 1. The number of halogens is 2. The Bertz CT molecular complexity index is 914. The molecule has 6 heteroatoms. The van der Waals surface area contributed by atoms with Crippen LogP contribution in [0.25, 0.3) is 0 Å². The summed E-state index contributed by atoms with van der Waals surface area (Å²) in [6, 6.07) is 0. The highest BCUT2D eigenvalue weighted by molar-refractivity contribution is 6.52. The standard InChI is InChI=1S/C27H38Cl2O4/c1-5-6-7-8-11-33-16-24-14-25-20(9-10-22(25,4)27(25,28)29)23(15-30)13-18(24)12-19(17(2)3)26(23,24)21(31)32/h12,15,17-18,20H,5-11,13-14,16H2,1-4H3,(H,31,32)/t18-,20-,22-,23-,24-,25+,26-/m0/s1. The first-order valence-corrected chi connectivity index (χ1v) is 13.6. The van der Waals surface area contributed by atoms with Gasteiger partial charge in [0.25, 0.3) is 0 Å². The third-order valence-corrected chi connectivity index (χ3v) is 12.6. The number of aldehydes is 1. The van der Waals surface area contributed by atoms with E-state index in [2.05, 4.69) is 33.8 Å². The van der Waals surface area contributed by atoms with Gasteiger partial charge in [-0.2, -0.15) is 0 Å². The molecule has 0 radical (unpaired) electrons. The molecular formula is C27H38Cl2O4. The van der Waals surface area contributed by atoms with E-state index < -0.39 is 32.0 Å². The molecule has 0 saturated heterocycles. The van der Waals surface area contributed by atoms with Crippen molar-refractivity contribution in [3.05, 3.63) is 11.6 Å². The van der Waals surface area contributed by atoms with Gasteiger partial charge < -0.3 is 14.6 Å². The quantitative estimate of drug-likeness (QED) is 0.163. The Kier molecular flexibility index (Phi) is 5.29. The summed E-state index contributed by atoms with van der Waals surface area (Å²) in [6.45, 7) is 9.43. The molecule has 4 bridgehead atoms. The maximum absolute atomic E-state index is 13.5. The fraction of sp³-hybridized carbons (Fsp3) is 0.852. The maximum Gasteiger partial charge on any atom is 0.315 e. The monoisotopic (exact) mass is 496 g/mol. The molecule has 4 fully saturated rings. The van der Waals surface area contributed by atoms with Gasteiger partial charge >= 0.3 is 5.97 Å². The van der Waals surface area contributed by atoms with Crippen molar-refractivity contribution < 1.29 is 19.4 Å². The SMILES string of the molecule is CCCCCCOC[C@@]12C[C@@]34[C@@H](CC[C@]3(C)C4(Cl)Cl)[C@@]3(C=O)C[C@@H]1C=C(C(C)C)[C@@]23C(=O)O.